The number of hydrogen-bond acceptors (Lipinski definition) is 3. The number of aryl methyl sites for hydroxylation is 1. The molecule has 4 aromatic rings. The van der Waals surface area contributed by atoms with E-state index >= 15 is 0 Å². The second-order valence-electron chi connectivity index (χ2n) is 7.50. The average Bonchev–Trinajstić information content (AvgIpc) is 3.42. The maximum absolute atomic E-state index is 12.4. The lowest BCUT2D eigenvalue weighted by Crippen LogP contribution is -2.20. The van der Waals surface area contributed by atoms with Crippen molar-refractivity contribution >= 4 is 23.6 Å². The van der Waals surface area contributed by atoms with E-state index in [9.17, 15) is 4.79 Å². The number of carbonyl (C=O) groups is 1. The first-order valence-corrected chi connectivity index (χ1v) is 10.7. The fourth-order valence-corrected chi connectivity index (χ4v) is 3.68. The Morgan fingerprint density at radius 1 is 1.09 bits per heavy atom. The van der Waals surface area contributed by atoms with Crippen LogP contribution in [0.3, 0.4) is 0 Å². The molecule has 0 aliphatic carbocycles. The lowest BCUT2D eigenvalue weighted by molar-refractivity contribution is -0.116. The Morgan fingerprint density at radius 3 is 2.59 bits per heavy atom. The van der Waals surface area contributed by atoms with Gasteiger partial charge < -0.3 is 5.32 Å². The highest BCUT2D eigenvalue weighted by Gasteiger charge is 2.11. The predicted octanol–water partition coefficient (Wildman–Crippen LogP) is 4.72. The number of nitrogens with one attached hydrogen (secondary N) is 1. The van der Waals surface area contributed by atoms with Gasteiger partial charge in [0.15, 0.2) is 0 Å². The van der Waals surface area contributed by atoms with E-state index in [-0.39, 0.29) is 5.91 Å². The van der Waals surface area contributed by atoms with E-state index in [1.54, 1.807) is 17.0 Å². The molecule has 0 aliphatic heterocycles. The van der Waals surface area contributed by atoms with Crippen LogP contribution in [0.2, 0.25) is 5.02 Å². The van der Waals surface area contributed by atoms with Crippen molar-refractivity contribution in [1.29, 1.82) is 0 Å². The third-order valence-electron chi connectivity index (χ3n) is 5.29. The third-order valence-corrected chi connectivity index (χ3v) is 5.66. The van der Waals surface area contributed by atoms with Crippen molar-refractivity contribution in [3.05, 3.63) is 106 Å². The Labute approximate surface area is 192 Å². The zero-order chi connectivity index (χ0) is 22.5. The highest BCUT2D eigenvalue weighted by molar-refractivity contribution is 6.31. The zero-order valence-electron chi connectivity index (χ0n) is 18.0. The molecule has 0 aliphatic rings. The first-order chi connectivity index (χ1) is 15.5. The monoisotopic (exact) mass is 445 g/mol. The molecule has 6 nitrogen and oxygen atoms in total. The van der Waals surface area contributed by atoms with Crippen LogP contribution in [0.15, 0.2) is 73.1 Å². The minimum absolute atomic E-state index is 0.154. The van der Waals surface area contributed by atoms with Crippen LogP contribution in [0.1, 0.15) is 28.1 Å². The van der Waals surface area contributed by atoms with Crippen molar-refractivity contribution < 1.29 is 4.79 Å². The minimum atomic E-state index is -0.154. The number of halogens is 1. The molecule has 1 amide bonds. The predicted molar refractivity (Wildman–Crippen MR) is 127 cm³/mol. The van der Waals surface area contributed by atoms with E-state index in [0.29, 0.717) is 18.1 Å². The summed E-state index contributed by atoms with van der Waals surface area (Å²) in [5.74, 6) is -0.154. The van der Waals surface area contributed by atoms with Crippen molar-refractivity contribution in [2.24, 2.45) is 0 Å². The molecule has 2 aromatic heterocycles. The fraction of sp³-hybridized carbons (Fsp3) is 0.160. The number of benzene rings is 2. The van der Waals surface area contributed by atoms with Gasteiger partial charge in [-0.15, -0.1) is 0 Å². The maximum Gasteiger partial charge on any atom is 0.244 e. The Bertz CT molecular complexity index is 1240. The highest BCUT2D eigenvalue weighted by atomic mass is 35.5. The molecule has 32 heavy (non-hydrogen) atoms. The van der Waals surface area contributed by atoms with Crippen LogP contribution in [0.5, 0.6) is 0 Å². The van der Waals surface area contributed by atoms with E-state index < -0.39 is 0 Å². The van der Waals surface area contributed by atoms with E-state index in [1.807, 2.05) is 85.4 Å². The highest BCUT2D eigenvalue weighted by Crippen LogP contribution is 2.20. The standard InChI is InChI=1S/C25H24ClN5O/c1-18-23(19(2)31(29-18)17-21-6-3-4-7-24(21)26)12-13-25(32)27-16-20-8-10-22(11-9-20)30-15-5-14-28-30/h3-15H,16-17H2,1-2H3,(H,27,32). The molecule has 7 heteroatoms. The second kappa shape index (κ2) is 9.66. The van der Waals surface area contributed by atoms with Crippen LogP contribution in [0.4, 0.5) is 0 Å². The van der Waals surface area contributed by atoms with Crippen LogP contribution in [-0.2, 0) is 17.9 Å². The summed E-state index contributed by atoms with van der Waals surface area (Å²) in [7, 11) is 0. The van der Waals surface area contributed by atoms with Gasteiger partial charge in [0.1, 0.15) is 0 Å². The molecule has 0 atom stereocenters. The summed E-state index contributed by atoms with van der Waals surface area (Å²) < 4.78 is 3.71. The van der Waals surface area contributed by atoms with Gasteiger partial charge in [0.05, 0.1) is 17.9 Å². The summed E-state index contributed by atoms with van der Waals surface area (Å²) in [5.41, 5.74) is 5.79. The van der Waals surface area contributed by atoms with Crippen molar-refractivity contribution in [1.82, 2.24) is 24.9 Å². The van der Waals surface area contributed by atoms with Crippen molar-refractivity contribution in [2.75, 3.05) is 0 Å². The molecule has 2 heterocycles. The largest absolute Gasteiger partial charge is 0.348 e. The average molecular weight is 446 g/mol. The second-order valence-corrected chi connectivity index (χ2v) is 7.91. The summed E-state index contributed by atoms with van der Waals surface area (Å²) in [6.07, 6.45) is 7.00. The molecule has 2 aromatic carbocycles. The molecule has 0 radical (unpaired) electrons. The first-order valence-electron chi connectivity index (χ1n) is 10.3. The van der Waals surface area contributed by atoms with Gasteiger partial charge in [0.25, 0.3) is 0 Å². The van der Waals surface area contributed by atoms with Crippen molar-refractivity contribution in [3.8, 4) is 5.69 Å². The third kappa shape index (κ3) is 4.98. The molecule has 0 bridgehead atoms. The smallest absolute Gasteiger partial charge is 0.244 e. The number of nitrogens with zero attached hydrogens (tertiary/aromatic N) is 4. The molecule has 0 saturated carbocycles. The van der Waals surface area contributed by atoms with E-state index in [2.05, 4.69) is 15.5 Å². The summed E-state index contributed by atoms with van der Waals surface area (Å²) in [6, 6.07) is 17.5. The Morgan fingerprint density at radius 2 is 1.88 bits per heavy atom. The zero-order valence-corrected chi connectivity index (χ0v) is 18.8. The molecule has 4 rings (SSSR count). The van der Waals surface area contributed by atoms with E-state index in [1.165, 1.54) is 0 Å². The van der Waals surface area contributed by atoms with Gasteiger partial charge in [-0.1, -0.05) is 41.9 Å². The SMILES string of the molecule is Cc1nn(Cc2ccccc2Cl)c(C)c1C=CC(=O)NCc1ccc(-n2cccn2)cc1. The van der Waals surface area contributed by atoms with Gasteiger partial charge in [-0.25, -0.2) is 4.68 Å². The van der Waals surface area contributed by atoms with E-state index in [4.69, 9.17) is 11.6 Å². The molecule has 0 saturated heterocycles. The van der Waals surface area contributed by atoms with Crippen LogP contribution in [0.25, 0.3) is 11.8 Å². The first kappa shape index (κ1) is 21.6. The Balaban J connectivity index is 1.37. The molecular weight excluding hydrogens is 422 g/mol. The van der Waals surface area contributed by atoms with Gasteiger partial charge in [0.2, 0.25) is 5.91 Å². The maximum atomic E-state index is 12.4. The number of carbonyl (C=O) groups excluding carboxylic acids is 1. The molecule has 0 fully saturated rings. The van der Waals surface area contributed by atoms with Crippen LogP contribution < -0.4 is 5.32 Å². The van der Waals surface area contributed by atoms with Gasteiger partial charge >= 0.3 is 0 Å². The van der Waals surface area contributed by atoms with Gasteiger partial charge in [-0.2, -0.15) is 10.2 Å². The van der Waals surface area contributed by atoms with Crippen LogP contribution in [-0.4, -0.2) is 25.5 Å². The van der Waals surface area contributed by atoms with Crippen molar-refractivity contribution in [3.63, 3.8) is 0 Å². The Hall–Kier alpha value is -3.64. The lowest BCUT2D eigenvalue weighted by atomic mass is 10.1. The van der Waals surface area contributed by atoms with Crippen molar-refractivity contribution in [2.45, 2.75) is 26.9 Å². The molecule has 0 spiro atoms. The normalized spacial score (nSPS) is 11.2. The summed E-state index contributed by atoms with van der Waals surface area (Å²) in [6.45, 7) is 4.97. The van der Waals surface area contributed by atoms with Crippen LogP contribution in [0, 0.1) is 13.8 Å². The topological polar surface area (TPSA) is 64.7 Å². The molecule has 162 valence electrons. The van der Waals surface area contributed by atoms with E-state index in [0.717, 1.165) is 33.8 Å². The van der Waals surface area contributed by atoms with Gasteiger partial charge in [-0.05, 0) is 55.3 Å². The lowest BCUT2D eigenvalue weighted by Gasteiger charge is -2.07. The summed E-state index contributed by atoms with van der Waals surface area (Å²) >= 11 is 6.28. The summed E-state index contributed by atoms with van der Waals surface area (Å²) in [5, 5.41) is 12.5. The fourth-order valence-electron chi connectivity index (χ4n) is 3.49. The number of hydrogen-bond donors (Lipinski definition) is 1. The minimum Gasteiger partial charge on any atom is -0.348 e. The van der Waals surface area contributed by atoms with Gasteiger partial charge in [-0.3, -0.25) is 9.48 Å². The quantitative estimate of drug-likeness (QED) is 0.419. The number of rotatable bonds is 7. The van der Waals surface area contributed by atoms with Gasteiger partial charge in [0, 0.05) is 41.3 Å². The number of amides is 1. The Kier molecular flexibility index (Phi) is 6.52. The van der Waals surface area contributed by atoms with Crippen LogP contribution >= 0.6 is 11.6 Å². The summed E-state index contributed by atoms with van der Waals surface area (Å²) in [4.78, 5) is 12.4. The molecular formula is C25H24ClN5O. The number of aromatic nitrogens is 4. The molecule has 0 unspecified atom stereocenters. The molecule has 1 N–H and O–H groups in total.